The zero-order chi connectivity index (χ0) is 26.1. The first kappa shape index (κ1) is 25.7. The number of nitrogens with zero attached hydrogens (tertiary/aromatic N) is 5. The molecule has 0 bridgehead atoms. The van der Waals surface area contributed by atoms with Gasteiger partial charge in [0.2, 0.25) is 5.91 Å². The van der Waals surface area contributed by atoms with E-state index < -0.39 is 24.2 Å². The molecule has 10 nitrogen and oxygen atoms in total. The van der Waals surface area contributed by atoms with E-state index in [1.54, 1.807) is 0 Å². The van der Waals surface area contributed by atoms with Gasteiger partial charge in [0.15, 0.2) is 5.78 Å². The topological polar surface area (TPSA) is 128 Å². The maximum atomic E-state index is 13.6. The molecule has 2 amide bonds. The van der Waals surface area contributed by atoms with Gasteiger partial charge >= 0.3 is 0 Å². The van der Waals surface area contributed by atoms with Gasteiger partial charge in [0.05, 0.1) is 12.1 Å². The minimum atomic E-state index is -0.794. The van der Waals surface area contributed by atoms with E-state index in [4.69, 9.17) is 10.3 Å². The Bertz CT molecular complexity index is 1070. The normalized spacial score (nSPS) is 27.2. The Morgan fingerprint density at radius 2 is 1.86 bits per heavy atom. The van der Waals surface area contributed by atoms with Crippen LogP contribution >= 0.6 is 0 Å². The van der Waals surface area contributed by atoms with Crippen LogP contribution in [0.25, 0.3) is 10.4 Å². The monoisotopic (exact) mass is 508 g/mol. The van der Waals surface area contributed by atoms with Crippen molar-refractivity contribution in [3.63, 3.8) is 0 Å². The van der Waals surface area contributed by atoms with Gasteiger partial charge in [0.25, 0.3) is 5.91 Å². The van der Waals surface area contributed by atoms with E-state index in [9.17, 15) is 14.4 Å². The summed E-state index contributed by atoms with van der Waals surface area (Å²) >= 11 is 0. The highest BCUT2D eigenvalue weighted by molar-refractivity contribution is 5.99. The van der Waals surface area contributed by atoms with Crippen molar-refractivity contribution < 1.29 is 19.1 Å². The van der Waals surface area contributed by atoms with Crippen LogP contribution < -0.4 is 5.32 Å². The van der Waals surface area contributed by atoms with Crippen LogP contribution in [0.15, 0.2) is 29.4 Å². The quantitative estimate of drug-likeness (QED) is 0.328. The number of carbonyl (C=O) groups is 3. The number of hydrogen-bond acceptors (Lipinski definition) is 6. The predicted molar refractivity (Wildman–Crippen MR) is 137 cm³/mol. The molecule has 4 aliphatic rings. The van der Waals surface area contributed by atoms with Crippen molar-refractivity contribution in [3.05, 3.63) is 45.8 Å². The Hall–Kier alpha value is -2.94. The Kier molecular flexibility index (Phi) is 7.51. The number of likely N-dealkylation sites (tertiary alicyclic amines) is 2. The van der Waals surface area contributed by atoms with E-state index in [0.717, 1.165) is 32.0 Å². The number of piperidine rings is 1. The molecule has 0 radical (unpaired) electrons. The number of nitrogens with one attached hydrogen (secondary N) is 1. The summed E-state index contributed by atoms with van der Waals surface area (Å²) in [4.78, 5) is 46.1. The SMILES string of the molecule is CC(C)C[C@H](NC(=O)c1ccc(C2CCN(C3CC3)CC2)cc1)C(=O)N1C[C@@H](N=[N+]=[N-])[C@H]2OCC(=O)[C@H]21. The van der Waals surface area contributed by atoms with Crippen LogP contribution in [-0.2, 0) is 14.3 Å². The van der Waals surface area contributed by atoms with Crippen molar-refractivity contribution >= 4 is 17.6 Å². The van der Waals surface area contributed by atoms with Crippen molar-refractivity contribution in [2.45, 2.75) is 82.1 Å². The highest BCUT2D eigenvalue weighted by Gasteiger charge is 2.53. The Balaban J connectivity index is 1.25. The van der Waals surface area contributed by atoms with Crippen molar-refractivity contribution in [1.82, 2.24) is 15.1 Å². The van der Waals surface area contributed by atoms with Gasteiger partial charge in [-0.05, 0) is 80.3 Å². The fourth-order valence-electron chi connectivity index (χ4n) is 6.10. The molecule has 10 heteroatoms. The maximum Gasteiger partial charge on any atom is 0.251 e. The minimum Gasteiger partial charge on any atom is -0.367 e. The molecule has 3 aliphatic heterocycles. The third-order valence-electron chi connectivity index (χ3n) is 8.19. The number of fused-ring (bicyclic) bond motifs is 1. The molecule has 1 aromatic carbocycles. The molecule has 1 N–H and O–H groups in total. The molecule has 37 heavy (non-hydrogen) atoms. The molecule has 0 spiro atoms. The average molecular weight is 509 g/mol. The van der Waals surface area contributed by atoms with Gasteiger partial charge in [-0.25, -0.2) is 0 Å². The number of azide groups is 1. The maximum absolute atomic E-state index is 13.6. The predicted octanol–water partition coefficient (Wildman–Crippen LogP) is 3.03. The van der Waals surface area contributed by atoms with Crippen LogP contribution in [-0.4, -0.2) is 83.9 Å². The van der Waals surface area contributed by atoms with Crippen molar-refractivity contribution in [3.8, 4) is 0 Å². The van der Waals surface area contributed by atoms with E-state index in [1.165, 1.54) is 23.3 Å². The minimum absolute atomic E-state index is 0.0999. The Morgan fingerprint density at radius 1 is 1.16 bits per heavy atom. The summed E-state index contributed by atoms with van der Waals surface area (Å²) in [5, 5.41) is 6.66. The molecule has 4 atom stereocenters. The average Bonchev–Trinajstić information content (AvgIpc) is 3.59. The molecule has 3 saturated heterocycles. The standard InChI is InChI=1S/C27H36N6O4/c1-16(2)13-21(27(36)33-14-22(30-31-28)25-24(33)23(34)15-37-25)29-26(35)19-5-3-17(4-6-19)18-9-11-32(12-10-18)20-7-8-20/h3-6,16,18,20-22,24-25H,7-15H2,1-2H3,(H,29,35)/t21-,22+,24+,25+/m0/s1. The summed E-state index contributed by atoms with van der Waals surface area (Å²) in [7, 11) is 0. The smallest absolute Gasteiger partial charge is 0.251 e. The van der Waals surface area contributed by atoms with Gasteiger partial charge in [-0.1, -0.05) is 31.1 Å². The Morgan fingerprint density at radius 3 is 2.49 bits per heavy atom. The first-order valence-corrected chi connectivity index (χ1v) is 13.5. The fraction of sp³-hybridized carbons (Fsp3) is 0.667. The first-order valence-electron chi connectivity index (χ1n) is 13.5. The Labute approximate surface area is 217 Å². The third-order valence-corrected chi connectivity index (χ3v) is 8.19. The van der Waals surface area contributed by atoms with E-state index in [2.05, 4.69) is 20.2 Å². The molecule has 4 fully saturated rings. The molecule has 0 unspecified atom stereocenters. The first-order chi connectivity index (χ1) is 17.9. The van der Waals surface area contributed by atoms with Crippen molar-refractivity contribution in [2.24, 2.45) is 11.0 Å². The summed E-state index contributed by atoms with van der Waals surface area (Å²) in [6.45, 7) is 6.24. The second-order valence-electron chi connectivity index (χ2n) is 11.3. The van der Waals surface area contributed by atoms with E-state index in [1.807, 2.05) is 38.1 Å². The van der Waals surface area contributed by atoms with Crippen LogP contribution in [0.1, 0.15) is 67.8 Å². The fourth-order valence-corrected chi connectivity index (χ4v) is 6.10. The van der Waals surface area contributed by atoms with E-state index in [0.29, 0.717) is 17.9 Å². The molecule has 5 rings (SSSR count). The highest BCUT2D eigenvalue weighted by Crippen LogP contribution is 2.35. The van der Waals surface area contributed by atoms with Gasteiger partial charge in [-0.3, -0.25) is 14.4 Å². The molecule has 1 aromatic rings. The lowest BCUT2D eigenvalue weighted by Crippen LogP contribution is -2.52. The summed E-state index contributed by atoms with van der Waals surface area (Å²) in [6.07, 6.45) is 4.76. The molecular formula is C27H36N6O4. The lowest BCUT2D eigenvalue weighted by Gasteiger charge is -2.32. The summed E-state index contributed by atoms with van der Waals surface area (Å²) < 4.78 is 5.53. The summed E-state index contributed by atoms with van der Waals surface area (Å²) in [6, 6.07) is 6.37. The van der Waals surface area contributed by atoms with Crippen LogP contribution in [0.3, 0.4) is 0 Å². The lowest BCUT2D eigenvalue weighted by molar-refractivity contribution is -0.138. The molecule has 198 valence electrons. The van der Waals surface area contributed by atoms with Crippen LogP contribution in [0, 0.1) is 5.92 Å². The molecule has 3 heterocycles. The molecule has 0 aromatic heterocycles. The van der Waals surface area contributed by atoms with Crippen LogP contribution in [0.5, 0.6) is 0 Å². The molecular weight excluding hydrogens is 472 g/mol. The second-order valence-corrected chi connectivity index (χ2v) is 11.3. The number of ketones is 1. The number of benzene rings is 1. The largest absolute Gasteiger partial charge is 0.367 e. The zero-order valence-electron chi connectivity index (χ0n) is 21.6. The van der Waals surface area contributed by atoms with Gasteiger partial charge in [-0.15, -0.1) is 0 Å². The van der Waals surface area contributed by atoms with Crippen molar-refractivity contribution in [2.75, 3.05) is 26.2 Å². The number of hydrogen-bond donors (Lipinski definition) is 1. The van der Waals surface area contributed by atoms with Crippen LogP contribution in [0.4, 0.5) is 0 Å². The summed E-state index contributed by atoms with van der Waals surface area (Å²) in [5.41, 5.74) is 10.7. The number of Topliss-reactive ketones (excluding diaryl/α,β-unsaturated/α-hetero) is 1. The second kappa shape index (κ2) is 10.8. The number of carbonyl (C=O) groups excluding carboxylic acids is 3. The highest BCUT2D eigenvalue weighted by atomic mass is 16.5. The third kappa shape index (κ3) is 5.51. The van der Waals surface area contributed by atoms with Gasteiger partial charge in [0.1, 0.15) is 18.7 Å². The number of amides is 2. The zero-order valence-corrected chi connectivity index (χ0v) is 21.6. The van der Waals surface area contributed by atoms with Gasteiger partial charge < -0.3 is 19.9 Å². The number of ether oxygens (including phenoxy) is 1. The van der Waals surface area contributed by atoms with Crippen LogP contribution in [0.2, 0.25) is 0 Å². The van der Waals surface area contributed by atoms with Crippen molar-refractivity contribution in [1.29, 1.82) is 0 Å². The molecule has 1 saturated carbocycles. The van der Waals surface area contributed by atoms with E-state index >= 15 is 0 Å². The molecule has 1 aliphatic carbocycles. The van der Waals surface area contributed by atoms with Gasteiger partial charge in [0, 0.05) is 23.1 Å². The lowest BCUT2D eigenvalue weighted by atomic mass is 9.89. The van der Waals surface area contributed by atoms with Gasteiger partial charge in [-0.2, -0.15) is 0 Å². The summed E-state index contributed by atoms with van der Waals surface area (Å²) in [5.74, 6) is -0.209. The van der Waals surface area contributed by atoms with E-state index in [-0.39, 0.29) is 36.7 Å². The number of rotatable bonds is 8.